The third-order valence-corrected chi connectivity index (χ3v) is 4.48. The summed E-state index contributed by atoms with van der Waals surface area (Å²) in [6, 6.07) is 6.59. The number of hydrogen-bond donors (Lipinski definition) is 1. The molecule has 0 aromatic carbocycles. The molecule has 2 saturated heterocycles. The Bertz CT molecular complexity index is 389. The van der Waals surface area contributed by atoms with Crippen molar-refractivity contribution in [3.05, 3.63) is 29.6 Å². The van der Waals surface area contributed by atoms with Gasteiger partial charge >= 0.3 is 0 Å². The van der Waals surface area contributed by atoms with E-state index < -0.39 is 0 Å². The Hall–Kier alpha value is -0.930. The van der Waals surface area contributed by atoms with Crippen LogP contribution in [0.1, 0.15) is 36.9 Å². The number of piperidine rings is 1. The maximum absolute atomic E-state index is 4.38. The fraction of sp³-hybridized carbons (Fsp3) is 0.667. The maximum Gasteiger partial charge on any atom is 0.0372 e. The van der Waals surface area contributed by atoms with Crippen LogP contribution in [-0.2, 0) is 6.54 Å². The van der Waals surface area contributed by atoms with Crippen molar-refractivity contribution in [2.75, 3.05) is 7.05 Å². The Labute approximate surface area is 110 Å². The summed E-state index contributed by atoms with van der Waals surface area (Å²) >= 11 is 0. The van der Waals surface area contributed by atoms with Gasteiger partial charge in [0.25, 0.3) is 0 Å². The molecule has 1 aromatic rings. The summed E-state index contributed by atoms with van der Waals surface area (Å²) < 4.78 is 0. The standard InChI is InChI=1S/C15H23N3/c1-11-3-4-12(9-16-11)10-18(2)15-7-13-5-6-14(8-15)17-13/h3-4,9,13-15,17H,5-8,10H2,1-2H3. The van der Waals surface area contributed by atoms with E-state index in [9.17, 15) is 0 Å². The van der Waals surface area contributed by atoms with Crippen LogP contribution in [0.15, 0.2) is 18.3 Å². The van der Waals surface area contributed by atoms with Gasteiger partial charge in [-0.05, 0) is 51.3 Å². The van der Waals surface area contributed by atoms with Crippen molar-refractivity contribution in [3.63, 3.8) is 0 Å². The molecule has 98 valence electrons. The summed E-state index contributed by atoms with van der Waals surface area (Å²) in [6.07, 6.45) is 7.39. The van der Waals surface area contributed by atoms with E-state index in [4.69, 9.17) is 0 Å². The van der Waals surface area contributed by atoms with Crippen molar-refractivity contribution in [1.29, 1.82) is 0 Å². The average Bonchev–Trinajstić information content (AvgIpc) is 2.71. The molecule has 2 unspecified atom stereocenters. The number of nitrogens with one attached hydrogen (secondary N) is 1. The molecule has 1 N–H and O–H groups in total. The molecule has 2 fully saturated rings. The van der Waals surface area contributed by atoms with Crippen molar-refractivity contribution in [2.24, 2.45) is 0 Å². The molecule has 2 aliphatic heterocycles. The van der Waals surface area contributed by atoms with Gasteiger partial charge in [-0.15, -0.1) is 0 Å². The van der Waals surface area contributed by atoms with Gasteiger partial charge in [-0.1, -0.05) is 6.07 Å². The number of fused-ring (bicyclic) bond motifs is 2. The zero-order valence-corrected chi connectivity index (χ0v) is 11.4. The monoisotopic (exact) mass is 245 g/mol. The van der Waals surface area contributed by atoms with Crippen LogP contribution in [0, 0.1) is 6.92 Å². The number of aryl methyl sites for hydroxylation is 1. The quantitative estimate of drug-likeness (QED) is 0.884. The maximum atomic E-state index is 4.38. The van der Waals surface area contributed by atoms with Crippen LogP contribution in [-0.4, -0.2) is 35.1 Å². The first kappa shape index (κ1) is 12.1. The lowest BCUT2D eigenvalue weighted by Crippen LogP contribution is -2.46. The van der Waals surface area contributed by atoms with E-state index in [0.29, 0.717) is 0 Å². The molecule has 2 bridgehead atoms. The summed E-state index contributed by atoms with van der Waals surface area (Å²) in [6.45, 7) is 3.06. The molecule has 3 heterocycles. The lowest BCUT2D eigenvalue weighted by molar-refractivity contribution is 0.166. The van der Waals surface area contributed by atoms with E-state index in [1.807, 2.05) is 13.1 Å². The van der Waals surface area contributed by atoms with Crippen molar-refractivity contribution in [1.82, 2.24) is 15.2 Å². The topological polar surface area (TPSA) is 28.2 Å². The second-order valence-corrected chi connectivity index (χ2v) is 5.99. The van der Waals surface area contributed by atoms with Gasteiger partial charge in [0, 0.05) is 36.6 Å². The van der Waals surface area contributed by atoms with Crippen LogP contribution in [0.25, 0.3) is 0 Å². The van der Waals surface area contributed by atoms with Crippen LogP contribution in [0.2, 0.25) is 0 Å². The van der Waals surface area contributed by atoms with Crippen molar-refractivity contribution in [2.45, 2.75) is 57.3 Å². The molecule has 2 aliphatic rings. The molecule has 0 aliphatic carbocycles. The van der Waals surface area contributed by atoms with Crippen LogP contribution in [0.4, 0.5) is 0 Å². The lowest BCUT2D eigenvalue weighted by Gasteiger charge is -2.35. The van der Waals surface area contributed by atoms with Crippen molar-refractivity contribution < 1.29 is 0 Å². The largest absolute Gasteiger partial charge is 0.311 e. The number of nitrogens with zero attached hydrogens (tertiary/aromatic N) is 2. The summed E-state index contributed by atoms with van der Waals surface area (Å²) in [5.74, 6) is 0. The van der Waals surface area contributed by atoms with Gasteiger partial charge < -0.3 is 5.32 Å². The van der Waals surface area contributed by atoms with Crippen molar-refractivity contribution >= 4 is 0 Å². The van der Waals surface area contributed by atoms with Gasteiger partial charge in [-0.25, -0.2) is 0 Å². The first-order valence-electron chi connectivity index (χ1n) is 7.08. The Morgan fingerprint density at radius 3 is 2.61 bits per heavy atom. The highest BCUT2D eigenvalue weighted by atomic mass is 15.2. The van der Waals surface area contributed by atoms with E-state index in [2.05, 4.69) is 34.4 Å². The van der Waals surface area contributed by atoms with E-state index in [0.717, 1.165) is 30.4 Å². The predicted octanol–water partition coefficient (Wildman–Crippen LogP) is 2.10. The van der Waals surface area contributed by atoms with E-state index >= 15 is 0 Å². The molecule has 18 heavy (non-hydrogen) atoms. The average molecular weight is 245 g/mol. The third-order valence-electron chi connectivity index (χ3n) is 4.48. The predicted molar refractivity (Wildman–Crippen MR) is 73.4 cm³/mol. The smallest absolute Gasteiger partial charge is 0.0372 e. The molecule has 0 saturated carbocycles. The van der Waals surface area contributed by atoms with Gasteiger partial charge in [0.15, 0.2) is 0 Å². The molecule has 3 heteroatoms. The van der Waals surface area contributed by atoms with E-state index in [1.165, 1.54) is 31.2 Å². The summed E-state index contributed by atoms with van der Waals surface area (Å²) in [5.41, 5.74) is 2.43. The van der Waals surface area contributed by atoms with Gasteiger partial charge in [-0.3, -0.25) is 9.88 Å². The molecular formula is C15H23N3. The Morgan fingerprint density at radius 2 is 2.00 bits per heavy atom. The third kappa shape index (κ3) is 2.57. The Kier molecular flexibility index (Phi) is 3.35. The summed E-state index contributed by atoms with van der Waals surface area (Å²) in [4.78, 5) is 6.89. The summed E-state index contributed by atoms with van der Waals surface area (Å²) in [5, 5.41) is 3.71. The summed E-state index contributed by atoms with van der Waals surface area (Å²) in [7, 11) is 2.26. The minimum absolute atomic E-state index is 0.741. The normalized spacial score (nSPS) is 30.9. The second-order valence-electron chi connectivity index (χ2n) is 5.99. The highest BCUT2D eigenvalue weighted by Gasteiger charge is 2.34. The van der Waals surface area contributed by atoms with E-state index in [-0.39, 0.29) is 0 Å². The molecule has 0 spiro atoms. The number of pyridine rings is 1. The van der Waals surface area contributed by atoms with Crippen molar-refractivity contribution in [3.8, 4) is 0 Å². The first-order valence-corrected chi connectivity index (χ1v) is 7.08. The van der Waals surface area contributed by atoms with Gasteiger partial charge in [0.1, 0.15) is 0 Å². The molecule has 0 radical (unpaired) electrons. The molecule has 1 aromatic heterocycles. The van der Waals surface area contributed by atoms with Crippen LogP contribution in [0.5, 0.6) is 0 Å². The second kappa shape index (κ2) is 4.98. The highest BCUT2D eigenvalue weighted by Crippen LogP contribution is 2.29. The molecule has 2 atom stereocenters. The first-order chi connectivity index (χ1) is 8.70. The minimum atomic E-state index is 0.741. The minimum Gasteiger partial charge on any atom is -0.311 e. The number of aromatic nitrogens is 1. The van der Waals surface area contributed by atoms with E-state index in [1.54, 1.807) is 0 Å². The lowest BCUT2D eigenvalue weighted by atomic mass is 9.98. The van der Waals surface area contributed by atoms with Crippen LogP contribution >= 0.6 is 0 Å². The van der Waals surface area contributed by atoms with Crippen LogP contribution in [0.3, 0.4) is 0 Å². The molecule has 0 amide bonds. The van der Waals surface area contributed by atoms with Gasteiger partial charge in [0.05, 0.1) is 0 Å². The van der Waals surface area contributed by atoms with Gasteiger partial charge in [-0.2, -0.15) is 0 Å². The molecule has 3 nitrogen and oxygen atoms in total. The van der Waals surface area contributed by atoms with Gasteiger partial charge in [0.2, 0.25) is 0 Å². The SMILES string of the molecule is Cc1ccc(CN(C)C2CC3CCC(C2)N3)cn1. The molecular weight excluding hydrogens is 222 g/mol. The zero-order chi connectivity index (χ0) is 12.5. The molecule has 3 rings (SSSR count). The Balaban J connectivity index is 1.61. The fourth-order valence-corrected chi connectivity index (χ4v) is 3.40. The zero-order valence-electron chi connectivity index (χ0n) is 11.4. The Morgan fingerprint density at radius 1 is 1.28 bits per heavy atom. The highest BCUT2D eigenvalue weighted by molar-refractivity contribution is 5.13. The fourth-order valence-electron chi connectivity index (χ4n) is 3.40. The number of hydrogen-bond acceptors (Lipinski definition) is 3. The van der Waals surface area contributed by atoms with Crippen LogP contribution < -0.4 is 5.32 Å². The number of rotatable bonds is 3.